The van der Waals surface area contributed by atoms with Crippen molar-refractivity contribution in [1.29, 1.82) is 0 Å². The van der Waals surface area contributed by atoms with Crippen molar-refractivity contribution < 1.29 is 24.9 Å². The number of carboxylic acid groups (broad SMARTS) is 2. The number of hydrogen-bond donors (Lipinski definition) is 4. The fourth-order valence-electron chi connectivity index (χ4n) is 2.14. The molecule has 0 saturated carbocycles. The average molecular weight is 278 g/mol. The monoisotopic (exact) mass is 278 g/mol. The summed E-state index contributed by atoms with van der Waals surface area (Å²) in [6.07, 6.45) is 1.00. The molecule has 1 aromatic heterocycles. The molecule has 0 spiro atoms. The van der Waals surface area contributed by atoms with Crippen molar-refractivity contribution in [3.8, 4) is 5.88 Å². The highest BCUT2D eigenvalue weighted by atomic mass is 16.4. The molecule has 2 aromatic rings. The molecular formula is C13H14N2O5. The summed E-state index contributed by atoms with van der Waals surface area (Å²) in [4.78, 5) is 21.9. The number of carbonyl (C=O) groups is 2. The van der Waals surface area contributed by atoms with Crippen molar-refractivity contribution in [2.24, 2.45) is 0 Å². The van der Waals surface area contributed by atoms with Crippen LogP contribution in [0.3, 0.4) is 0 Å². The van der Waals surface area contributed by atoms with Gasteiger partial charge in [-0.2, -0.15) is 0 Å². The molecule has 7 heteroatoms. The first-order valence-electron chi connectivity index (χ1n) is 5.94. The lowest BCUT2D eigenvalue weighted by atomic mass is 10.1. The van der Waals surface area contributed by atoms with Gasteiger partial charge in [0.15, 0.2) is 5.88 Å². The zero-order valence-electron chi connectivity index (χ0n) is 10.5. The third-order valence-electron chi connectivity index (χ3n) is 3.15. The molecule has 0 fully saturated rings. The zero-order chi connectivity index (χ0) is 14.9. The number of fused-ring (bicyclic) bond motifs is 1. The highest BCUT2D eigenvalue weighted by Crippen LogP contribution is 2.34. The summed E-state index contributed by atoms with van der Waals surface area (Å²) in [5.74, 6) is -2.53. The van der Waals surface area contributed by atoms with Gasteiger partial charge in [-0.15, -0.1) is 0 Å². The summed E-state index contributed by atoms with van der Waals surface area (Å²) in [5.41, 5.74) is 6.19. The summed E-state index contributed by atoms with van der Waals surface area (Å²) >= 11 is 0. The van der Waals surface area contributed by atoms with E-state index in [9.17, 15) is 19.8 Å². The second kappa shape index (κ2) is 5.12. The molecular weight excluding hydrogens is 264 g/mol. The lowest BCUT2D eigenvalue weighted by Crippen LogP contribution is -2.19. The Balaban J connectivity index is 2.48. The summed E-state index contributed by atoms with van der Waals surface area (Å²) in [6.45, 7) is 0. The number of carboxylic acids is 2. The van der Waals surface area contributed by atoms with Crippen LogP contribution in [0.1, 0.15) is 18.9 Å². The minimum atomic E-state index is -1.21. The number of aromatic hydroxyl groups is 1. The van der Waals surface area contributed by atoms with E-state index in [1.54, 1.807) is 18.2 Å². The van der Waals surface area contributed by atoms with Crippen LogP contribution in [0.2, 0.25) is 0 Å². The van der Waals surface area contributed by atoms with Crippen LogP contribution >= 0.6 is 0 Å². The van der Waals surface area contributed by atoms with Crippen molar-refractivity contribution in [2.75, 3.05) is 5.73 Å². The number of anilines is 1. The van der Waals surface area contributed by atoms with Gasteiger partial charge in [0.05, 0.1) is 0 Å². The molecule has 0 aliphatic heterocycles. The molecule has 0 aliphatic rings. The van der Waals surface area contributed by atoms with Crippen molar-refractivity contribution in [1.82, 2.24) is 4.57 Å². The van der Waals surface area contributed by atoms with E-state index >= 15 is 0 Å². The second-order valence-electron chi connectivity index (χ2n) is 4.45. The van der Waals surface area contributed by atoms with Crippen molar-refractivity contribution in [2.45, 2.75) is 18.9 Å². The van der Waals surface area contributed by atoms with Crippen LogP contribution in [0.15, 0.2) is 24.4 Å². The number of aromatic nitrogens is 1. The van der Waals surface area contributed by atoms with Gasteiger partial charge in [-0.1, -0.05) is 6.07 Å². The molecule has 0 aliphatic carbocycles. The van der Waals surface area contributed by atoms with E-state index in [1.807, 2.05) is 0 Å². The summed E-state index contributed by atoms with van der Waals surface area (Å²) < 4.78 is 1.15. The normalized spacial score (nSPS) is 12.4. The Morgan fingerprint density at radius 2 is 1.95 bits per heavy atom. The highest BCUT2D eigenvalue weighted by Gasteiger charge is 2.24. The van der Waals surface area contributed by atoms with Crippen molar-refractivity contribution in [3.05, 3.63) is 24.4 Å². The number of hydrogen-bond acceptors (Lipinski definition) is 4. The largest absolute Gasteiger partial charge is 0.494 e. The van der Waals surface area contributed by atoms with E-state index in [0.717, 1.165) is 4.57 Å². The lowest BCUT2D eigenvalue weighted by molar-refractivity contribution is -0.142. The topological polar surface area (TPSA) is 126 Å². The van der Waals surface area contributed by atoms with Gasteiger partial charge in [0.25, 0.3) is 0 Å². The molecule has 2 rings (SSSR count). The molecule has 0 bridgehead atoms. The molecule has 5 N–H and O–H groups in total. The molecule has 1 unspecified atom stereocenters. The summed E-state index contributed by atoms with van der Waals surface area (Å²) in [7, 11) is 0. The van der Waals surface area contributed by atoms with E-state index in [4.69, 9.17) is 10.8 Å². The molecule has 1 atom stereocenters. The number of benzene rings is 1. The predicted molar refractivity (Wildman–Crippen MR) is 71.6 cm³/mol. The third-order valence-corrected chi connectivity index (χ3v) is 3.15. The Bertz CT molecular complexity index is 677. The molecule has 1 aromatic carbocycles. The number of nitrogens with two attached hydrogens (primary N) is 1. The molecule has 0 radical (unpaired) electrons. The van der Waals surface area contributed by atoms with Gasteiger partial charge in [-0.25, -0.2) is 4.79 Å². The van der Waals surface area contributed by atoms with Crippen LogP contribution in [0, 0.1) is 0 Å². The van der Waals surface area contributed by atoms with Gasteiger partial charge in [0, 0.05) is 29.1 Å². The summed E-state index contributed by atoms with van der Waals surface area (Å²) in [5, 5.41) is 28.9. The minimum Gasteiger partial charge on any atom is -0.494 e. The standard InChI is InChI=1S/C13H14N2O5/c14-9-3-1-2-7-8(9)6-15(12(7)18)10(13(19)20)4-5-11(16)17/h1-3,6,10,18H,4-5,14H2,(H,16,17)(H,19,20). The SMILES string of the molecule is Nc1cccc2c(O)n(C(CCC(=O)O)C(=O)O)cc12. The number of nitrogen functional groups attached to an aromatic ring is 1. The number of aliphatic carboxylic acids is 2. The van der Waals surface area contributed by atoms with Crippen LogP contribution in [-0.2, 0) is 9.59 Å². The Morgan fingerprint density at radius 3 is 2.50 bits per heavy atom. The fraction of sp³-hybridized carbons (Fsp3) is 0.231. The lowest BCUT2D eigenvalue weighted by Gasteiger charge is -2.14. The van der Waals surface area contributed by atoms with Gasteiger partial charge in [0.2, 0.25) is 0 Å². The quantitative estimate of drug-likeness (QED) is 0.613. The van der Waals surface area contributed by atoms with E-state index in [1.165, 1.54) is 6.20 Å². The maximum atomic E-state index is 11.3. The number of nitrogens with zero attached hydrogens (tertiary/aromatic N) is 1. The number of rotatable bonds is 5. The maximum absolute atomic E-state index is 11.3. The van der Waals surface area contributed by atoms with Crippen LogP contribution in [0.25, 0.3) is 10.8 Å². The average Bonchev–Trinajstić information content (AvgIpc) is 2.69. The van der Waals surface area contributed by atoms with Crippen molar-refractivity contribution in [3.63, 3.8) is 0 Å². The molecule has 0 amide bonds. The van der Waals surface area contributed by atoms with E-state index in [-0.39, 0.29) is 18.7 Å². The van der Waals surface area contributed by atoms with E-state index in [0.29, 0.717) is 16.5 Å². The summed E-state index contributed by atoms with van der Waals surface area (Å²) in [6, 6.07) is 3.75. The fourth-order valence-corrected chi connectivity index (χ4v) is 2.14. The molecule has 20 heavy (non-hydrogen) atoms. The first-order chi connectivity index (χ1) is 9.41. The van der Waals surface area contributed by atoms with Crippen LogP contribution in [0.5, 0.6) is 5.88 Å². The Labute approximate surface area is 113 Å². The van der Waals surface area contributed by atoms with Gasteiger partial charge in [-0.3, -0.25) is 4.79 Å². The zero-order valence-corrected chi connectivity index (χ0v) is 10.5. The van der Waals surface area contributed by atoms with Gasteiger partial charge >= 0.3 is 11.9 Å². The minimum absolute atomic E-state index is 0.126. The first-order valence-corrected chi connectivity index (χ1v) is 5.94. The molecule has 1 heterocycles. The van der Waals surface area contributed by atoms with Gasteiger partial charge in [-0.05, 0) is 18.6 Å². The molecule has 7 nitrogen and oxygen atoms in total. The second-order valence-corrected chi connectivity index (χ2v) is 4.45. The highest BCUT2D eigenvalue weighted by molar-refractivity contribution is 5.97. The van der Waals surface area contributed by atoms with Gasteiger partial charge < -0.3 is 25.6 Å². The Hall–Kier alpha value is -2.70. The van der Waals surface area contributed by atoms with Crippen LogP contribution < -0.4 is 5.73 Å². The third kappa shape index (κ3) is 2.37. The predicted octanol–water partition coefficient (Wildman–Crippen LogP) is 1.42. The maximum Gasteiger partial charge on any atom is 0.326 e. The molecule has 106 valence electrons. The van der Waals surface area contributed by atoms with Gasteiger partial charge in [0.1, 0.15) is 6.04 Å². The molecule has 0 saturated heterocycles. The Morgan fingerprint density at radius 1 is 1.25 bits per heavy atom. The van der Waals surface area contributed by atoms with E-state index < -0.39 is 18.0 Å². The van der Waals surface area contributed by atoms with E-state index in [2.05, 4.69) is 0 Å². The smallest absolute Gasteiger partial charge is 0.326 e. The Kier molecular flexibility index (Phi) is 3.51. The van der Waals surface area contributed by atoms with Crippen LogP contribution in [0.4, 0.5) is 5.69 Å². The van der Waals surface area contributed by atoms with Crippen LogP contribution in [-0.4, -0.2) is 31.8 Å². The van der Waals surface area contributed by atoms with Crippen molar-refractivity contribution >= 4 is 28.4 Å². The first kappa shape index (κ1) is 13.7.